The maximum absolute atomic E-state index is 11.7. The first kappa shape index (κ1) is 16.6. The van der Waals surface area contributed by atoms with Gasteiger partial charge in [0, 0.05) is 24.7 Å². The molecule has 5 heteroatoms. The number of carbonyl (C=O) groups is 1. The Kier molecular flexibility index (Phi) is 5.15. The van der Waals surface area contributed by atoms with E-state index >= 15 is 0 Å². The number of hydrogen-bond acceptors (Lipinski definition) is 4. The highest BCUT2D eigenvalue weighted by Gasteiger charge is 2.41. The van der Waals surface area contributed by atoms with Crippen LogP contribution in [0, 0.1) is 5.92 Å². The van der Waals surface area contributed by atoms with Gasteiger partial charge in [-0.3, -0.25) is 0 Å². The summed E-state index contributed by atoms with van der Waals surface area (Å²) >= 11 is 0. The van der Waals surface area contributed by atoms with E-state index in [2.05, 4.69) is 24.5 Å². The van der Waals surface area contributed by atoms with Crippen molar-refractivity contribution in [1.29, 1.82) is 0 Å². The van der Waals surface area contributed by atoms with E-state index in [-0.39, 0.29) is 12.1 Å². The van der Waals surface area contributed by atoms with Crippen molar-refractivity contribution in [3.05, 3.63) is 0 Å². The van der Waals surface area contributed by atoms with Gasteiger partial charge >= 0.3 is 6.09 Å². The lowest BCUT2D eigenvalue weighted by atomic mass is 9.95. The fourth-order valence-electron chi connectivity index (χ4n) is 2.74. The predicted octanol–water partition coefficient (Wildman–Crippen LogP) is 2.45. The minimum atomic E-state index is -0.437. The summed E-state index contributed by atoms with van der Waals surface area (Å²) in [7, 11) is 0. The molecule has 1 aliphatic heterocycles. The number of hydrogen-bond donors (Lipinski definition) is 2. The first-order valence-corrected chi connectivity index (χ1v) is 8.12. The summed E-state index contributed by atoms with van der Waals surface area (Å²) in [4.78, 5) is 11.7. The summed E-state index contributed by atoms with van der Waals surface area (Å²) in [6, 6.07) is 1.09. The van der Waals surface area contributed by atoms with Gasteiger partial charge in [-0.15, -0.1) is 0 Å². The lowest BCUT2D eigenvalue weighted by Crippen LogP contribution is -2.44. The van der Waals surface area contributed by atoms with Gasteiger partial charge in [0.1, 0.15) is 5.60 Å². The molecule has 0 aromatic heterocycles. The Morgan fingerprint density at radius 3 is 2.57 bits per heavy atom. The number of carbonyl (C=O) groups excluding carboxylic acids is 1. The molecule has 5 nitrogen and oxygen atoms in total. The van der Waals surface area contributed by atoms with Crippen molar-refractivity contribution in [3.63, 3.8) is 0 Å². The van der Waals surface area contributed by atoms with E-state index in [1.54, 1.807) is 0 Å². The van der Waals surface area contributed by atoms with E-state index in [1.165, 1.54) is 0 Å². The van der Waals surface area contributed by atoms with Crippen molar-refractivity contribution in [2.45, 2.75) is 83.7 Å². The third kappa shape index (κ3) is 5.47. The molecule has 21 heavy (non-hydrogen) atoms. The van der Waals surface area contributed by atoms with E-state index in [1.807, 2.05) is 20.8 Å². The largest absolute Gasteiger partial charge is 0.444 e. The van der Waals surface area contributed by atoms with Gasteiger partial charge in [0.2, 0.25) is 0 Å². The summed E-state index contributed by atoms with van der Waals surface area (Å²) in [5, 5.41) is 6.57. The maximum atomic E-state index is 11.7. The van der Waals surface area contributed by atoms with Crippen LogP contribution in [-0.2, 0) is 9.47 Å². The molecule has 0 aromatic rings. The number of rotatable bonds is 4. The molecular formula is C16H30N2O3. The van der Waals surface area contributed by atoms with E-state index in [9.17, 15) is 4.79 Å². The van der Waals surface area contributed by atoms with Gasteiger partial charge in [-0.25, -0.2) is 4.79 Å². The van der Waals surface area contributed by atoms with Crippen LogP contribution in [0.4, 0.5) is 4.79 Å². The van der Waals surface area contributed by atoms with Crippen LogP contribution in [0.3, 0.4) is 0 Å². The molecule has 2 N–H and O–H groups in total. The number of amides is 1. The summed E-state index contributed by atoms with van der Waals surface area (Å²) in [6.07, 6.45) is 3.14. The number of alkyl carbamates (subject to hydrolysis) is 1. The standard InChI is InChI=1S/C16H30N2O3/c1-10(2)14-8-11(6-7-20-14)17-12-9-13(12)18-15(19)21-16(3,4)5/h10-14,17H,6-9H2,1-5H3,(H,18,19). The molecule has 4 atom stereocenters. The summed E-state index contributed by atoms with van der Waals surface area (Å²) in [5.74, 6) is 0.560. The molecule has 0 radical (unpaired) electrons. The molecule has 0 aromatic carbocycles. The molecule has 2 rings (SSSR count). The molecule has 122 valence electrons. The summed E-state index contributed by atoms with van der Waals surface area (Å²) in [6.45, 7) is 10.9. The molecule has 0 spiro atoms. The topological polar surface area (TPSA) is 59.6 Å². The Morgan fingerprint density at radius 2 is 1.95 bits per heavy atom. The van der Waals surface area contributed by atoms with Crippen molar-refractivity contribution in [2.75, 3.05) is 6.61 Å². The van der Waals surface area contributed by atoms with Gasteiger partial charge in [-0.05, 0) is 46.0 Å². The smallest absolute Gasteiger partial charge is 0.407 e. The summed E-state index contributed by atoms with van der Waals surface area (Å²) in [5.41, 5.74) is -0.437. The van der Waals surface area contributed by atoms with Crippen LogP contribution in [0.1, 0.15) is 53.9 Å². The third-order valence-corrected chi connectivity index (χ3v) is 4.00. The Hall–Kier alpha value is -0.810. The number of ether oxygens (including phenoxy) is 2. The SMILES string of the molecule is CC(C)C1CC(NC2CC2NC(=O)OC(C)(C)C)CCO1. The molecule has 1 saturated carbocycles. The van der Waals surface area contributed by atoms with Crippen molar-refractivity contribution in [1.82, 2.24) is 10.6 Å². The number of nitrogens with one attached hydrogen (secondary N) is 2. The third-order valence-electron chi connectivity index (χ3n) is 4.00. The maximum Gasteiger partial charge on any atom is 0.407 e. The van der Waals surface area contributed by atoms with Crippen molar-refractivity contribution in [3.8, 4) is 0 Å². The predicted molar refractivity (Wildman–Crippen MR) is 82.3 cm³/mol. The van der Waals surface area contributed by atoms with Gasteiger partial charge in [0.05, 0.1) is 6.10 Å². The van der Waals surface area contributed by atoms with E-state index in [4.69, 9.17) is 9.47 Å². The zero-order valence-corrected chi connectivity index (χ0v) is 13.9. The van der Waals surface area contributed by atoms with Crippen LogP contribution in [0.2, 0.25) is 0 Å². The Balaban J connectivity index is 1.68. The minimum Gasteiger partial charge on any atom is -0.444 e. The fourth-order valence-corrected chi connectivity index (χ4v) is 2.74. The molecule has 1 heterocycles. The highest BCUT2D eigenvalue weighted by molar-refractivity contribution is 5.68. The van der Waals surface area contributed by atoms with Gasteiger partial charge in [-0.1, -0.05) is 13.8 Å². The quantitative estimate of drug-likeness (QED) is 0.837. The van der Waals surface area contributed by atoms with E-state index in [0.29, 0.717) is 24.1 Å². The first-order chi connectivity index (χ1) is 9.74. The molecule has 2 aliphatic rings. The lowest BCUT2D eigenvalue weighted by Gasteiger charge is -2.32. The zero-order valence-electron chi connectivity index (χ0n) is 13.9. The van der Waals surface area contributed by atoms with E-state index < -0.39 is 5.60 Å². The van der Waals surface area contributed by atoms with E-state index in [0.717, 1.165) is 25.9 Å². The molecular weight excluding hydrogens is 268 g/mol. The van der Waals surface area contributed by atoms with Crippen LogP contribution in [0.5, 0.6) is 0 Å². The Bertz CT molecular complexity index is 365. The fraction of sp³-hybridized carbons (Fsp3) is 0.938. The zero-order chi connectivity index (χ0) is 15.6. The van der Waals surface area contributed by atoms with Crippen molar-refractivity contribution in [2.24, 2.45) is 5.92 Å². The molecule has 1 saturated heterocycles. The Labute approximate surface area is 128 Å². The molecule has 0 bridgehead atoms. The Morgan fingerprint density at radius 1 is 1.24 bits per heavy atom. The van der Waals surface area contributed by atoms with Crippen LogP contribution < -0.4 is 10.6 Å². The average Bonchev–Trinajstić information content (AvgIpc) is 3.04. The minimum absolute atomic E-state index is 0.209. The normalized spacial score (nSPS) is 32.9. The highest BCUT2D eigenvalue weighted by atomic mass is 16.6. The van der Waals surface area contributed by atoms with Crippen molar-refractivity contribution < 1.29 is 14.3 Å². The second-order valence-corrected chi connectivity index (χ2v) is 7.64. The molecule has 2 fully saturated rings. The second-order valence-electron chi connectivity index (χ2n) is 7.64. The van der Waals surface area contributed by atoms with Crippen LogP contribution in [-0.4, -0.2) is 42.5 Å². The second kappa shape index (κ2) is 6.53. The van der Waals surface area contributed by atoms with Gasteiger partial charge in [0.25, 0.3) is 0 Å². The van der Waals surface area contributed by atoms with Gasteiger partial charge < -0.3 is 20.1 Å². The average molecular weight is 298 g/mol. The lowest BCUT2D eigenvalue weighted by molar-refractivity contribution is -0.0247. The summed E-state index contributed by atoms with van der Waals surface area (Å²) < 4.78 is 11.1. The van der Waals surface area contributed by atoms with Crippen molar-refractivity contribution >= 4 is 6.09 Å². The monoisotopic (exact) mass is 298 g/mol. The first-order valence-electron chi connectivity index (χ1n) is 8.12. The van der Waals surface area contributed by atoms with Gasteiger partial charge in [-0.2, -0.15) is 0 Å². The van der Waals surface area contributed by atoms with Crippen LogP contribution in [0.25, 0.3) is 0 Å². The highest BCUT2D eigenvalue weighted by Crippen LogP contribution is 2.26. The molecule has 4 unspecified atom stereocenters. The van der Waals surface area contributed by atoms with Crippen LogP contribution in [0.15, 0.2) is 0 Å². The van der Waals surface area contributed by atoms with Gasteiger partial charge in [0.15, 0.2) is 0 Å². The molecule has 1 amide bonds. The molecule has 1 aliphatic carbocycles. The van der Waals surface area contributed by atoms with Crippen LogP contribution >= 0.6 is 0 Å².